The number of halogens is 2. The molecule has 7 nitrogen and oxygen atoms in total. The quantitative estimate of drug-likeness (QED) is 0.299. The summed E-state index contributed by atoms with van der Waals surface area (Å²) >= 11 is 6.56. The Balaban J connectivity index is 1.60. The van der Waals surface area contributed by atoms with Crippen LogP contribution in [0.2, 0.25) is 0 Å². The van der Waals surface area contributed by atoms with Gasteiger partial charge in [0.05, 0.1) is 15.2 Å². The van der Waals surface area contributed by atoms with E-state index in [0.29, 0.717) is 14.6 Å². The second-order valence-electron chi connectivity index (χ2n) is 5.71. The number of aromatic nitrogens is 4. The van der Waals surface area contributed by atoms with Gasteiger partial charge < -0.3 is 10.1 Å². The zero-order valence-electron chi connectivity index (χ0n) is 13.5. The molecule has 9 heteroatoms. The molecule has 3 N–H and O–H groups in total. The van der Waals surface area contributed by atoms with E-state index in [1.165, 1.54) is 0 Å². The standard InChI is InChI=1S/C17H12Br2N6O/c1-8-2-3-13-10(4-8)14-16(21-13)22-17(25-23-14)24-20-7-9-5-11(18)15(26)12(19)6-9/h2-7,26H,1H3,(H2,21,22,24,25)/b20-7+. The van der Waals surface area contributed by atoms with Crippen LogP contribution in [0.3, 0.4) is 0 Å². The number of hydrogen-bond acceptors (Lipinski definition) is 6. The number of nitrogens with one attached hydrogen (secondary N) is 2. The molecule has 4 rings (SSSR count). The highest BCUT2D eigenvalue weighted by Crippen LogP contribution is 2.32. The zero-order valence-corrected chi connectivity index (χ0v) is 16.6. The van der Waals surface area contributed by atoms with Gasteiger partial charge in [-0.3, -0.25) is 0 Å². The summed E-state index contributed by atoms with van der Waals surface area (Å²) in [4.78, 5) is 7.64. The van der Waals surface area contributed by atoms with Crippen LogP contribution >= 0.6 is 31.9 Å². The summed E-state index contributed by atoms with van der Waals surface area (Å²) in [5.41, 5.74) is 7.04. The van der Waals surface area contributed by atoms with Crippen LogP contribution in [0.25, 0.3) is 22.1 Å². The summed E-state index contributed by atoms with van der Waals surface area (Å²) < 4.78 is 1.14. The first-order chi connectivity index (χ1) is 12.5. The van der Waals surface area contributed by atoms with Gasteiger partial charge in [-0.2, -0.15) is 10.1 Å². The molecule has 0 aliphatic heterocycles. The molecular weight excluding hydrogens is 464 g/mol. The normalized spacial score (nSPS) is 11.7. The molecule has 4 aromatic rings. The van der Waals surface area contributed by atoms with Gasteiger partial charge in [0.25, 0.3) is 5.95 Å². The topological polar surface area (TPSA) is 99.1 Å². The molecule has 0 fully saturated rings. The third-order valence-electron chi connectivity index (χ3n) is 3.79. The highest BCUT2D eigenvalue weighted by Gasteiger charge is 2.09. The van der Waals surface area contributed by atoms with E-state index in [1.54, 1.807) is 18.3 Å². The molecule has 0 bridgehead atoms. The molecule has 2 aromatic heterocycles. The lowest BCUT2D eigenvalue weighted by atomic mass is 10.2. The van der Waals surface area contributed by atoms with Crippen molar-refractivity contribution in [3.8, 4) is 5.75 Å². The van der Waals surface area contributed by atoms with E-state index in [9.17, 15) is 5.11 Å². The van der Waals surface area contributed by atoms with Crippen molar-refractivity contribution >= 4 is 66.1 Å². The Labute approximate surface area is 164 Å². The van der Waals surface area contributed by atoms with Crippen molar-refractivity contribution < 1.29 is 5.11 Å². The predicted octanol–water partition coefficient (Wildman–Crippen LogP) is 4.49. The Morgan fingerprint density at radius 1 is 1.15 bits per heavy atom. The smallest absolute Gasteiger partial charge is 0.265 e. The lowest BCUT2D eigenvalue weighted by Crippen LogP contribution is -1.99. The maximum atomic E-state index is 9.73. The summed E-state index contributed by atoms with van der Waals surface area (Å²) in [6.45, 7) is 2.03. The van der Waals surface area contributed by atoms with E-state index in [4.69, 9.17) is 0 Å². The molecule has 0 amide bonds. The minimum absolute atomic E-state index is 0.141. The lowest BCUT2D eigenvalue weighted by molar-refractivity contribution is 0.468. The highest BCUT2D eigenvalue weighted by molar-refractivity contribution is 9.11. The Hall–Kier alpha value is -2.52. The monoisotopic (exact) mass is 474 g/mol. The number of rotatable bonds is 3. The summed E-state index contributed by atoms with van der Waals surface area (Å²) in [6.07, 6.45) is 1.59. The minimum Gasteiger partial charge on any atom is -0.506 e. The van der Waals surface area contributed by atoms with Crippen LogP contribution in [-0.2, 0) is 0 Å². The molecular formula is C17H12Br2N6O. The van der Waals surface area contributed by atoms with Gasteiger partial charge in [0, 0.05) is 10.9 Å². The van der Waals surface area contributed by atoms with Crippen molar-refractivity contribution in [2.75, 3.05) is 5.43 Å². The van der Waals surface area contributed by atoms with E-state index in [-0.39, 0.29) is 11.7 Å². The van der Waals surface area contributed by atoms with Gasteiger partial charge in [0.2, 0.25) is 0 Å². The van der Waals surface area contributed by atoms with E-state index in [0.717, 1.165) is 27.5 Å². The molecule has 0 unspecified atom stereocenters. The molecule has 0 aliphatic carbocycles. The zero-order chi connectivity index (χ0) is 18.3. The number of benzene rings is 2. The van der Waals surface area contributed by atoms with Crippen molar-refractivity contribution in [3.05, 3.63) is 50.4 Å². The van der Waals surface area contributed by atoms with E-state index < -0.39 is 0 Å². The lowest BCUT2D eigenvalue weighted by Gasteiger charge is -2.02. The number of H-pyrrole nitrogens is 1. The van der Waals surface area contributed by atoms with Gasteiger partial charge in [-0.25, -0.2) is 5.43 Å². The number of anilines is 1. The van der Waals surface area contributed by atoms with Gasteiger partial charge >= 0.3 is 0 Å². The van der Waals surface area contributed by atoms with Crippen LogP contribution in [0, 0.1) is 6.92 Å². The Morgan fingerprint density at radius 2 is 1.92 bits per heavy atom. The molecule has 0 saturated carbocycles. The molecule has 0 spiro atoms. The van der Waals surface area contributed by atoms with Gasteiger partial charge in [-0.05, 0) is 68.6 Å². The molecule has 2 aromatic carbocycles. The second-order valence-corrected chi connectivity index (χ2v) is 7.42. The highest BCUT2D eigenvalue weighted by atomic mass is 79.9. The van der Waals surface area contributed by atoms with Crippen molar-refractivity contribution in [3.63, 3.8) is 0 Å². The average molecular weight is 476 g/mol. The number of aryl methyl sites for hydroxylation is 1. The van der Waals surface area contributed by atoms with Crippen LogP contribution in [0.1, 0.15) is 11.1 Å². The predicted molar refractivity (Wildman–Crippen MR) is 109 cm³/mol. The summed E-state index contributed by atoms with van der Waals surface area (Å²) in [5, 5.41) is 23.2. The molecule has 0 radical (unpaired) electrons. The molecule has 0 aliphatic rings. The van der Waals surface area contributed by atoms with Gasteiger partial charge in [0.15, 0.2) is 5.65 Å². The maximum absolute atomic E-state index is 9.73. The number of aromatic amines is 1. The maximum Gasteiger partial charge on any atom is 0.265 e. The Morgan fingerprint density at radius 3 is 2.69 bits per heavy atom. The number of fused-ring (bicyclic) bond motifs is 3. The molecule has 130 valence electrons. The number of hydrogen-bond donors (Lipinski definition) is 3. The SMILES string of the molecule is Cc1ccc2[nH]c3nc(N/N=C/c4cc(Br)c(O)c(Br)c4)nnc3c2c1. The number of hydrazone groups is 1. The van der Waals surface area contributed by atoms with Crippen molar-refractivity contribution in [2.24, 2.45) is 5.10 Å². The van der Waals surface area contributed by atoms with Crippen molar-refractivity contribution in [1.29, 1.82) is 0 Å². The minimum atomic E-state index is 0.141. The Bertz CT molecular complexity index is 1150. The summed E-state index contributed by atoms with van der Waals surface area (Å²) in [6, 6.07) is 9.57. The number of nitrogens with zero attached hydrogens (tertiary/aromatic N) is 4. The first-order valence-electron chi connectivity index (χ1n) is 7.61. The van der Waals surface area contributed by atoms with E-state index >= 15 is 0 Å². The van der Waals surface area contributed by atoms with Gasteiger partial charge in [0.1, 0.15) is 11.3 Å². The van der Waals surface area contributed by atoms with Crippen molar-refractivity contribution in [1.82, 2.24) is 20.2 Å². The molecule has 2 heterocycles. The number of phenolic OH excluding ortho intramolecular Hbond substituents is 1. The Kier molecular flexibility index (Phi) is 4.33. The third kappa shape index (κ3) is 3.15. The van der Waals surface area contributed by atoms with Crippen molar-refractivity contribution in [2.45, 2.75) is 6.92 Å². The summed E-state index contributed by atoms with van der Waals surface area (Å²) in [7, 11) is 0. The van der Waals surface area contributed by atoms with Gasteiger partial charge in [-0.15, -0.1) is 10.2 Å². The first kappa shape index (κ1) is 16.9. The van der Waals surface area contributed by atoms with E-state index in [2.05, 4.69) is 68.6 Å². The molecule has 0 atom stereocenters. The van der Waals surface area contributed by atoms with Crippen LogP contribution < -0.4 is 5.43 Å². The largest absolute Gasteiger partial charge is 0.506 e. The fraction of sp³-hybridized carbons (Fsp3) is 0.0588. The molecule has 0 saturated heterocycles. The third-order valence-corrected chi connectivity index (χ3v) is 5.00. The summed E-state index contributed by atoms with van der Waals surface area (Å²) in [5.74, 6) is 0.427. The van der Waals surface area contributed by atoms with Crippen LogP contribution in [-0.4, -0.2) is 31.5 Å². The second kappa shape index (κ2) is 6.65. The average Bonchev–Trinajstić information content (AvgIpc) is 2.96. The molecule has 26 heavy (non-hydrogen) atoms. The van der Waals surface area contributed by atoms with Crippen LogP contribution in [0.15, 0.2) is 44.4 Å². The first-order valence-corrected chi connectivity index (χ1v) is 9.20. The fourth-order valence-electron chi connectivity index (χ4n) is 2.56. The van der Waals surface area contributed by atoms with Crippen LogP contribution in [0.5, 0.6) is 5.75 Å². The number of phenols is 1. The fourth-order valence-corrected chi connectivity index (χ4v) is 3.78. The van der Waals surface area contributed by atoms with Gasteiger partial charge in [-0.1, -0.05) is 11.6 Å². The van der Waals surface area contributed by atoms with Crippen LogP contribution in [0.4, 0.5) is 5.95 Å². The number of aromatic hydroxyl groups is 1. The van der Waals surface area contributed by atoms with E-state index in [1.807, 2.05) is 19.1 Å².